The van der Waals surface area contributed by atoms with E-state index in [-0.39, 0.29) is 11.9 Å². The Morgan fingerprint density at radius 3 is 2.52 bits per heavy atom. The van der Waals surface area contributed by atoms with E-state index in [0.29, 0.717) is 13.2 Å². The highest BCUT2D eigenvalue weighted by Gasteiger charge is 2.19. The van der Waals surface area contributed by atoms with E-state index in [1.807, 2.05) is 43.3 Å². The number of carbonyl (C=O) groups excluding carboxylic acids is 1. The van der Waals surface area contributed by atoms with Gasteiger partial charge in [0, 0.05) is 45.7 Å². The number of ether oxygens (including phenoxy) is 2. The van der Waals surface area contributed by atoms with Gasteiger partial charge in [0.15, 0.2) is 11.5 Å². The fraction of sp³-hybridized carbons (Fsp3) is 0.435. The molecular weight excluding hydrogens is 366 g/mol. The standard InChI is InChI=1S/C23H29N3O3/c1-18(20-5-3-2-4-6-20)24-23(27)9-10-25-11-13-26(14-12-25)16-19-7-8-21-22(15-19)29-17-28-21/h2-8,15,18H,9-14,16-17H2,1H3,(H,24,27). The largest absolute Gasteiger partial charge is 0.454 e. The van der Waals surface area contributed by atoms with Crippen molar-refractivity contribution < 1.29 is 14.3 Å². The van der Waals surface area contributed by atoms with Crippen LogP contribution >= 0.6 is 0 Å². The minimum atomic E-state index is 0.0437. The summed E-state index contributed by atoms with van der Waals surface area (Å²) in [4.78, 5) is 17.1. The molecule has 0 saturated carbocycles. The summed E-state index contributed by atoms with van der Waals surface area (Å²) >= 11 is 0. The monoisotopic (exact) mass is 395 g/mol. The van der Waals surface area contributed by atoms with E-state index in [0.717, 1.165) is 56.3 Å². The number of hydrogen-bond donors (Lipinski definition) is 1. The highest BCUT2D eigenvalue weighted by Crippen LogP contribution is 2.32. The quantitative estimate of drug-likeness (QED) is 0.781. The van der Waals surface area contributed by atoms with Crippen molar-refractivity contribution >= 4 is 5.91 Å². The van der Waals surface area contributed by atoms with Crippen molar-refractivity contribution in [2.75, 3.05) is 39.5 Å². The predicted octanol–water partition coefficient (Wildman–Crippen LogP) is 2.80. The van der Waals surface area contributed by atoms with E-state index in [2.05, 4.69) is 27.2 Å². The Hall–Kier alpha value is -2.57. The molecule has 0 spiro atoms. The van der Waals surface area contributed by atoms with Crippen molar-refractivity contribution in [2.24, 2.45) is 0 Å². The van der Waals surface area contributed by atoms with E-state index >= 15 is 0 Å². The van der Waals surface area contributed by atoms with E-state index in [9.17, 15) is 4.79 Å². The van der Waals surface area contributed by atoms with Crippen LogP contribution in [-0.4, -0.2) is 55.2 Å². The maximum atomic E-state index is 12.3. The lowest BCUT2D eigenvalue weighted by Gasteiger charge is -2.34. The molecule has 29 heavy (non-hydrogen) atoms. The predicted molar refractivity (Wildman–Crippen MR) is 112 cm³/mol. The van der Waals surface area contributed by atoms with Crippen LogP contribution in [-0.2, 0) is 11.3 Å². The van der Waals surface area contributed by atoms with Gasteiger partial charge in [-0.15, -0.1) is 0 Å². The molecule has 0 aliphatic carbocycles. The summed E-state index contributed by atoms with van der Waals surface area (Å²) in [5.41, 5.74) is 2.38. The van der Waals surface area contributed by atoms with Crippen LogP contribution in [0.4, 0.5) is 0 Å². The molecule has 1 atom stereocenters. The molecule has 0 radical (unpaired) electrons. The van der Waals surface area contributed by atoms with Crippen molar-refractivity contribution in [1.82, 2.24) is 15.1 Å². The molecule has 1 amide bonds. The fourth-order valence-corrected chi connectivity index (χ4v) is 3.87. The number of rotatable bonds is 7. The smallest absolute Gasteiger partial charge is 0.231 e. The van der Waals surface area contributed by atoms with Crippen LogP contribution in [0.5, 0.6) is 11.5 Å². The average Bonchev–Trinajstić information content (AvgIpc) is 3.22. The SMILES string of the molecule is CC(NC(=O)CCN1CCN(Cc2ccc3c(c2)OCO3)CC1)c1ccccc1. The number of amides is 1. The lowest BCUT2D eigenvalue weighted by Crippen LogP contribution is -2.46. The van der Waals surface area contributed by atoms with Gasteiger partial charge in [-0.05, 0) is 30.2 Å². The van der Waals surface area contributed by atoms with Crippen molar-refractivity contribution in [1.29, 1.82) is 0 Å². The number of nitrogens with zero attached hydrogens (tertiary/aromatic N) is 2. The molecule has 6 nitrogen and oxygen atoms in total. The van der Waals surface area contributed by atoms with Gasteiger partial charge in [-0.3, -0.25) is 9.69 Å². The van der Waals surface area contributed by atoms with Gasteiger partial charge < -0.3 is 19.7 Å². The third kappa shape index (κ3) is 5.28. The molecule has 0 aromatic heterocycles. The number of fused-ring (bicyclic) bond motifs is 1. The summed E-state index contributed by atoms with van der Waals surface area (Å²) < 4.78 is 10.8. The number of nitrogens with one attached hydrogen (secondary N) is 1. The van der Waals surface area contributed by atoms with E-state index in [1.54, 1.807) is 0 Å². The lowest BCUT2D eigenvalue weighted by atomic mass is 10.1. The van der Waals surface area contributed by atoms with Crippen LogP contribution in [0.25, 0.3) is 0 Å². The van der Waals surface area contributed by atoms with Crippen LogP contribution in [0.3, 0.4) is 0 Å². The lowest BCUT2D eigenvalue weighted by molar-refractivity contribution is -0.122. The molecule has 154 valence electrons. The summed E-state index contributed by atoms with van der Waals surface area (Å²) in [5.74, 6) is 1.79. The molecule has 2 aromatic rings. The van der Waals surface area contributed by atoms with Crippen LogP contribution in [0.2, 0.25) is 0 Å². The first-order valence-corrected chi connectivity index (χ1v) is 10.3. The summed E-state index contributed by atoms with van der Waals surface area (Å²) in [6.07, 6.45) is 0.541. The third-order valence-electron chi connectivity index (χ3n) is 5.64. The number of hydrogen-bond acceptors (Lipinski definition) is 5. The highest BCUT2D eigenvalue weighted by molar-refractivity contribution is 5.76. The molecule has 1 N–H and O–H groups in total. The zero-order valence-electron chi connectivity index (χ0n) is 17.0. The Balaban J connectivity index is 1.17. The van der Waals surface area contributed by atoms with E-state index in [4.69, 9.17) is 9.47 Å². The van der Waals surface area contributed by atoms with Crippen molar-refractivity contribution in [3.05, 3.63) is 59.7 Å². The van der Waals surface area contributed by atoms with Gasteiger partial charge in [-0.2, -0.15) is 0 Å². The Bertz CT molecular complexity index is 819. The molecule has 4 rings (SSSR count). The van der Waals surface area contributed by atoms with Crippen LogP contribution < -0.4 is 14.8 Å². The molecule has 2 aliphatic rings. The summed E-state index contributed by atoms with van der Waals surface area (Å²) in [6, 6.07) is 16.3. The van der Waals surface area contributed by atoms with Gasteiger partial charge >= 0.3 is 0 Å². The Morgan fingerprint density at radius 1 is 1.00 bits per heavy atom. The Kier molecular flexibility index (Phi) is 6.32. The highest BCUT2D eigenvalue weighted by atomic mass is 16.7. The summed E-state index contributed by atoms with van der Waals surface area (Å²) in [7, 11) is 0. The maximum Gasteiger partial charge on any atom is 0.231 e. The van der Waals surface area contributed by atoms with Crippen molar-refractivity contribution in [3.8, 4) is 11.5 Å². The van der Waals surface area contributed by atoms with Crippen LogP contribution in [0, 0.1) is 0 Å². The van der Waals surface area contributed by atoms with Crippen molar-refractivity contribution in [3.63, 3.8) is 0 Å². The zero-order valence-corrected chi connectivity index (χ0v) is 17.0. The first-order chi connectivity index (χ1) is 14.2. The van der Waals surface area contributed by atoms with Gasteiger partial charge in [0.05, 0.1) is 6.04 Å². The molecule has 0 bridgehead atoms. The second kappa shape index (κ2) is 9.29. The molecule has 2 heterocycles. The van der Waals surface area contributed by atoms with Gasteiger partial charge in [0.1, 0.15) is 0 Å². The molecule has 6 heteroatoms. The summed E-state index contributed by atoms with van der Waals surface area (Å²) in [6.45, 7) is 8.08. The van der Waals surface area contributed by atoms with Gasteiger partial charge in [-0.1, -0.05) is 36.4 Å². The molecule has 2 aliphatic heterocycles. The van der Waals surface area contributed by atoms with Crippen molar-refractivity contribution in [2.45, 2.75) is 25.9 Å². The second-order valence-corrected chi connectivity index (χ2v) is 7.76. The minimum absolute atomic E-state index is 0.0437. The van der Waals surface area contributed by atoms with E-state index < -0.39 is 0 Å². The molecule has 2 aromatic carbocycles. The Morgan fingerprint density at radius 2 is 1.72 bits per heavy atom. The second-order valence-electron chi connectivity index (χ2n) is 7.76. The number of carbonyl (C=O) groups is 1. The zero-order chi connectivity index (χ0) is 20.1. The molecule has 1 fully saturated rings. The van der Waals surface area contributed by atoms with Gasteiger partial charge in [0.25, 0.3) is 0 Å². The molecule has 1 saturated heterocycles. The topological polar surface area (TPSA) is 54.0 Å². The minimum Gasteiger partial charge on any atom is -0.454 e. The first-order valence-electron chi connectivity index (χ1n) is 10.3. The maximum absolute atomic E-state index is 12.3. The van der Waals surface area contributed by atoms with Crippen LogP contribution in [0.1, 0.15) is 30.5 Å². The third-order valence-corrected chi connectivity index (χ3v) is 5.64. The van der Waals surface area contributed by atoms with Gasteiger partial charge in [-0.25, -0.2) is 0 Å². The normalized spacial score (nSPS) is 17.8. The molecule has 1 unspecified atom stereocenters. The fourth-order valence-electron chi connectivity index (χ4n) is 3.87. The number of piperazine rings is 1. The summed E-state index contributed by atoms with van der Waals surface area (Å²) in [5, 5.41) is 3.10. The first kappa shape index (κ1) is 19.7. The Labute approximate surface area is 172 Å². The number of benzene rings is 2. The van der Waals surface area contributed by atoms with Gasteiger partial charge in [0.2, 0.25) is 12.7 Å². The van der Waals surface area contributed by atoms with E-state index in [1.165, 1.54) is 5.56 Å². The average molecular weight is 396 g/mol. The van der Waals surface area contributed by atoms with Crippen LogP contribution in [0.15, 0.2) is 48.5 Å². The molecular formula is C23H29N3O3.